The van der Waals surface area contributed by atoms with Crippen LogP contribution in [-0.2, 0) is 11.3 Å². The second kappa shape index (κ2) is 8.87. The smallest absolute Gasteiger partial charge is 0.251 e. The first-order valence-corrected chi connectivity index (χ1v) is 8.28. The van der Waals surface area contributed by atoms with Crippen LogP contribution in [0.1, 0.15) is 29.8 Å². The first-order valence-electron chi connectivity index (χ1n) is 8.28. The Hall–Kier alpha value is -2.82. The van der Waals surface area contributed by atoms with Crippen LogP contribution in [0.2, 0.25) is 0 Å². The van der Waals surface area contributed by atoms with Crippen LogP contribution < -0.4 is 15.4 Å². The van der Waals surface area contributed by atoms with E-state index in [2.05, 4.69) is 10.6 Å². The fraction of sp³-hybridized carbons (Fsp3) is 0.300. The number of carbonyl (C=O) groups excluding carboxylic acids is 2. The van der Waals surface area contributed by atoms with E-state index in [0.717, 1.165) is 5.56 Å². The highest BCUT2D eigenvalue weighted by atomic mass is 16.5. The molecule has 25 heavy (non-hydrogen) atoms. The van der Waals surface area contributed by atoms with Crippen molar-refractivity contribution in [2.75, 3.05) is 7.11 Å². The zero-order valence-corrected chi connectivity index (χ0v) is 14.8. The molecule has 0 spiro atoms. The Balaban J connectivity index is 1.98. The molecule has 0 aromatic heterocycles. The molecule has 0 heterocycles. The number of rotatable bonds is 7. The van der Waals surface area contributed by atoms with Crippen LogP contribution in [0.25, 0.3) is 0 Å². The molecule has 0 aliphatic heterocycles. The van der Waals surface area contributed by atoms with Gasteiger partial charge in [0.15, 0.2) is 0 Å². The van der Waals surface area contributed by atoms with Gasteiger partial charge in [-0.05, 0) is 35.7 Å². The van der Waals surface area contributed by atoms with Gasteiger partial charge < -0.3 is 15.4 Å². The predicted molar refractivity (Wildman–Crippen MR) is 97.4 cm³/mol. The van der Waals surface area contributed by atoms with Crippen molar-refractivity contribution in [3.63, 3.8) is 0 Å². The van der Waals surface area contributed by atoms with Crippen molar-refractivity contribution in [1.29, 1.82) is 0 Å². The predicted octanol–water partition coefficient (Wildman–Crippen LogP) is 2.77. The summed E-state index contributed by atoms with van der Waals surface area (Å²) in [5.74, 6) is 0.174. The number of hydrogen-bond acceptors (Lipinski definition) is 3. The molecule has 0 bridgehead atoms. The molecule has 0 saturated carbocycles. The number of benzene rings is 2. The van der Waals surface area contributed by atoms with Gasteiger partial charge in [-0.2, -0.15) is 0 Å². The molecule has 2 amide bonds. The van der Waals surface area contributed by atoms with E-state index in [4.69, 9.17) is 4.74 Å². The van der Waals surface area contributed by atoms with Crippen LogP contribution in [0.3, 0.4) is 0 Å². The van der Waals surface area contributed by atoms with Crippen LogP contribution in [0.15, 0.2) is 54.6 Å². The summed E-state index contributed by atoms with van der Waals surface area (Å²) in [5.41, 5.74) is 1.50. The van der Waals surface area contributed by atoms with Gasteiger partial charge in [-0.15, -0.1) is 0 Å². The van der Waals surface area contributed by atoms with E-state index in [1.165, 1.54) is 0 Å². The molecule has 0 fully saturated rings. The number of amides is 2. The summed E-state index contributed by atoms with van der Waals surface area (Å²) < 4.78 is 5.08. The molecule has 0 radical (unpaired) electrons. The normalized spacial score (nSPS) is 11.7. The average molecular weight is 340 g/mol. The lowest BCUT2D eigenvalue weighted by Crippen LogP contribution is -2.49. The van der Waals surface area contributed by atoms with Gasteiger partial charge in [-0.25, -0.2) is 0 Å². The Morgan fingerprint density at radius 1 is 1.00 bits per heavy atom. The molecular formula is C20H24N2O3. The summed E-state index contributed by atoms with van der Waals surface area (Å²) in [7, 11) is 1.57. The van der Waals surface area contributed by atoms with Crippen molar-refractivity contribution in [3.8, 4) is 5.75 Å². The molecule has 0 aliphatic carbocycles. The zero-order chi connectivity index (χ0) is 18.2. The van der Waals surface area contributed by atoms with Crippen LogP contribution in [0.4, 0.5) is 0 Å². The molecule has 0 aliphatic rings. The monoisotopic (exact) mass is 340 g/mol. The first-order chi connectivity index (χ1) is 12.0. The van der Waals surface area contributed by atoms with Crippen molar-refractivity contribution in [2.45, 2.75) is 26.4 Å². The molecule has 2 rings (SSSR count). The Morgan fingerprint density at radius 3 is 2.20 bits per heavy atom. The van der Waals surface area contributed by atoms with Crippen LogP contribution in [0, 0.1) is 5.92 Å². The Morgan fingerprint density at radius 2 is 1.64 bits per heavy atom. The maximum absolute atomic E-state index is 12.5. The number of nitrogens with one attached hydrogen (secondary N) is 2. The van der Waals surface area contributed by atoms with Gasteiger partial charge in [0.05, 0.1) is 7.11 Å². The molecule has 5 heteroatoms. The van der Waals surface area contributed by atoms with Crippen molar-refractivity contribution < 1.29 is 14.3 Å². The molecule has 2 aromatic carbocycles. The third-order valence-electron chi connectivity index (χ3n) is 3.90. The van der Waals surface area contributed by atoms with E-state index in [-0.39, 0.29) is 17.7 Å². The topological polar surface area (TPSA) is 67.4 Å². The molecule has 0 unspecified atom stereocenters. The average Bonchev–Trinajstić information content (AvgIpc) is 2.64. The molecule has 1 atom stereocenters. The van der Waals surface area contributed by atoms with Gasteiger partial charge in [0.1, 0.15) is 11.8 Å². The number of hydrogen-bond donors (Lipinski definition) is 2. The fourth-order valence-corrected chi connectivity index (χ4v) is 2.40. The molecular weight excluding hydrogens is 316 g/mol. The van der Waals surface area contributed by atoms with Gasteiger partial charge >= 0.3 is 0 Å². The highest BCUT2D eigenvalue weighted by Crippen LogP contribution is 2.12. The minimum Gasteiger partial charge on any atom is -0.497 e. The molecule has 2 aromatic rings. The van der Waals surface area contributed by atoms with Gasteiger partial charge in [-0.1, -0.05) is 44.2 Å². The lowest BCUT2D eigenvalue weighted by Gasteiger charge is -2.22. The largest absolute Gasteiger partial charge is 0.497 e. The molecule has 2 N–H and O–H groups in total. The van der Waals surface area contributed by atoms with Gasteiger partial charge in [0, 0.05) is 12.1 Å². The van der Waals surface area contributed by atoms with E-state index in [1.807, 2.05) is 44.2 Å². The minimum absolute atomic E-state index is 0.0297. The third kappa shape index (κ3) is 5.35. The van der Waals surface area contributed by atoms with Crippen molar-refractivity contribution in [1.82, 2.24) is 10.6 Å². The lowest BCUT2D eigenvalue weighted by atomic mass is 10.0. The second-order valence-corrected chi connectivity index (χ2v) is 6.13. The Labute approximate surface area is 148 Å². The van der Waals surface area contributed by atoms with E-state index in [9.17, 15) is 9.59 Å². The van der Waals surface area contributed by atoms with Gasteiger partial charge in [0.25, 0.3) is 5.91 Å². The van der Waals surface area contributed by atoms with E-state index in [1.54, 1.807) is 31.4 Å². The number of methoxy groups -OCH3 is 1. The third-order valence-corrected chi connectivity index (χ3v) is 3.90. The Kier molecular flexibility index (Phi) is 6.57. The van der Waals surface area contributed by atoms with Crippen LogP contribution in [0.5, 0.6) is 5.75 Å². The van der Waals surface area contributed by atoms with Crippen molar-refractivity contribution in [3.05, 3.63) is 65.7 Å². The SMILES string of the molecule is COc1ccc(C(=O)N[C@@H](C(=O)NCc2ccccc2)C(C)C)cc1. The van der Waals surface area contributed by atoms with Gasteiger partial charge in [0.2, 0.25) is 5.91 Å². The number of ether oxygens (including phenoxy) is 1. The summed E-state index contributed by atoms with van der Waals surface area (Å²) in [6, 6.07) is 15.8. The van der Waals surface area contributed by atoms with E-state index >= 15 is 0 Å². The van der Waals surface area contributed by atoms with Crippen LogP contribution >= 0.6 is 0 Å². The summed E-state index contributed by atoms with van der Waals surface area (Å²) >= 11 is 0. The Bertz CT molecular complexity index is 697. The highest BCUT2D eigenvalue weighted by Gasteiger charge is 2.24. The highest BCUT2D eigenvalue weighted by molar-refractivity contribution is 5.97. The first kappa shape index (κ1) is 18.5. The summed E-state index contributed by atoms with van der Waals surface area (Å²) in [6.45, 7) is 4.24. The van der Waals surface area contributed by atoms with E-state index < -0.39 is 6.04 Å². The maximum Gasteiger partial charge on any atom is 0.251 e. The lowest BCUT2D eigenvalue weighted by molar-refractivity contribution is -0.124. The van der Waals surface area contributed by atoms with Gasteiger partial charge in [-0.3, -0.25) is 9.59 Å². The van der Waals surface area contributed by atoms with Crippen LogP contribution in [-0.4, -0.2) is 25.0 Å². The molecule has 5 nitrogen and oxygen atoms in total. The van der Waals surface area contributed by atoms with Crippen molar-refractivity contribution in [2.24, 2.45) is 5.92 Å². The molecule has 132 valence electrons. The van der Waals surface area contributed by atoms with E-state index in [0.29, 0.717) is 17.9 Å². The quantitative estimate of drug-likeness (QED) is 0.814. The minimum atomic E-state index is -0.599. The molecule has 0 saturated heterocycles. The standard InChI is InChI=1S/C20H24N2O3/c1-14(2)18(20(24)21-13-15-7-5-4-6-8-15)22-19(23)16-9-11-17(25-3)12-10-16/h4-12,14,18H,13H2,1-3H3,(H,21,24)(H,22,23)/t18-/m1/s1. The summed E-state index contributed by atoms with van der Waals surface area (Å²) in [6.07, 6.45) is 0. The maximum atomic E-state index is 12.5. The summed E-state index contributed by atoms with van der Waals surface area (Å²) in [5, 5.41) is 5.70. The second-order valence-electron chi connectivity index (χ2n) is 6.13. The van der Waals surface area contributed by atoms with Crippen molar-refractivity contribution >= 4 is 11.8 Å². The summed E-state index contributed by atoms with van der Waals surface area (Å²) in [4.78, 5) is 24.9. The fourth-order valence-electron chi connectivity index (χ4n) is 2.40. The zero-order valence-electron chi connectivity index (χ0n) is 14.8. The number of carbonyl (C=O) groups is 2.